The van der Waals surface area contributed by atoms with Crippen LogP contribution in [0.25, 0.3) is 11.4 Å². The Labute approximate surface area is 199 Å². The molecule has 0 aliphatic carbocycles. The molecule has 0 spiro atoms. The zero-order chi connectivity index (χ0) is 22.9. The molecule has 6 nitrogen and oxygen atoms in total. The van der Waals surface area contributed by atoms with Gasteiger partial charge in [0.2, 0.25) is 11.1 Å². The summed E-state index contributed by atoms with van der Waals surface area (Å²) in [6.45, 7) is 2.01. The highest BCUT2D eigenvalue weighted by Crippen LogP contribution is 2.39. The van der Waals surface area contributed by atoms with Crippen molar-refractivity contribution in [2.45, 2.75) is 23.4 Å². The number of hydrogen-bond acceptors (Lipinski definition) is 5. The maximum Gasteiger partial charge on any atom is 0.240 e. The largest absolute Gasteiger partial charge is 0.325 e. The number of nitrogens with zero attached hydrogens (tertiary/aromatic N) is 3. The SMILES string of the molecule is Cc1ccc(C2Nn3c(nnc3-c3ccccc3)SC2C(=O)Nc2ccc(F)c(Cl)c2)cc1. The second kappa shape index (κ2) is 8.88. The number of nitrogens with one attached hydrogen (secondary N) is 2. The third-order valence-corrected chi connectivity index (χ3v) is 6.86. The average molecular weight is 480 g/mol. The summed E-state index contributed by atoms with van der Waals surface area (Å²) in [5, 5.41) is 11.5. The van der Waals surface area contributed by atoms with Crippen LogP contribution in [0.15, 0.2) is 78.0 Å². The molecular weight excluding hydrogens is 461 g/mol. The van der Waals surface area contributed by atoms with Crippen molar-refractivity contribution in [1.29, 1.82) is 0 Å². The molecule has 2 N–H and O–H groups in total. The Morgan fingerprint density at radius 1 is 1.09 bits per heavy atom. The van der Waals surface area contributed by atoms with Crippen LogP contribution in [0.1, 0.15) is 17.2 Å². The minimum Gasteiger partial charge on any atom is -0.325 e. The van der Waals surface area contributed by atoms with Gasteiger partial charge < -0.3 is 10.7 Å². The van der Waals surface area contributed by atoms with Crippen molar-refractivity contribution in [2.24, 2.45) is 0 Å². The lowest BCUT2D eigenvalue weighted by molar-refractivity contribution is -0.116. The third kappa shape index (κ3) is 4.31. The van der Waals surface area contributed by atoms with E-state index in [-0.39, 0.29) is 17.0 Å². The average Bonchev–Trinajstić information content (AvgIpc) is 3.25. The predicted octanol–water partition coefficient (Wildman–Crippen LogP) is 5.44. The van der Waals surface area contributed by atoms with Gasteiger partial charge in [-0.15, -0.1) is 10.2 Å². The first-order chi connectivity index (χ1) is 16.0. The van der Waals surface area contributed by atoms with Gasteiger partial charge in [-0.25, -0.2) is 9.07 Å². The summed E-state index contributed by atoms with van der Waals surface area (Å²) in [5.41, 5.74) is 6.85. The Morgan fingerprint density at radius 2 is 1.85 bits per heavy atom. The number of benzene rings is 3. The molecule has 1 aliphatic rings. The zero-order valence-electron chi connectivity index (χ0n) is 17.5. The summed E-state index contributed by atoms with van der Waals surface area (Å²) in [4.78, 5) is 13.3. The van der Waals surface area contributed by atoms with Crippen LogP contribution < -0.4 is 10.7 Å². The summed E-state index contributed by atoms with van der Waals surface area (Å²) in [6, 6.07) is 21.5. The molecule has 33 heavy (non-hydrogen) atoms. The van der Waals surface area contributed by atoms with Crippen LogP contribution in [-0.4, -0.2) is 26.0 Å². The van der Waals surface area contributed by atoms with Gasteiger partial charge in [-0.05, 0) is 30.7 Å². The van der Waals surface area contributed by atoms with Crippen molar-refractivity contribution in [3.63, 3.8) is 0 Å². The molecule has 2 unspecified atom stereocenters. The molecule has 9 heteroatoms. The summed E-state index contributed by atoms with van der Waals surface area (Å²) in [7, 11) is 0. The van der Waals surface area contributed by atoms with Crippen LogP contribution >= 0.6 is 23.4 Å². The third-order valence-electron chi connectivity index (χ3n) is 5.35. The summed E-state index contributed by atoms with van der Waals surface area (Å²) >= 11 is 7.21. The Morgan fingerprint density at radius 3 is 2.58 bits per heavy atom. The van der Waals surface area contributed by atoms with Crippen molar-refractivity contribution in [3.05, 3.63) is 94.8 Å². The molecule has 0 radical (unpaired) electrons. The molecule has 1 amide bonds. The van der Waals surface area contributed by atoms with Gasteiger partial charge >= 0.3 is 0 Å². The van der Waals surface area contributed by atoms with Gasteiger partial charge in [-0.3, -0.25) is 4.79 Å². The second-order valence-corrected chi connectivity index (χ2v) is 9.20. The van der Waals surface area contributed by atoms with Crippen LogP contribution in [0.4, 0.5) is 10.1 Å². The minimum atomic E-state index is -0.558. The van der Waals surface area contributed by atoms with E-state index in [1.54, 1.807) is 0 Å². The monoisotopic (exact) mass is 479 g/mol. The fourth-order valence-electron chi connectivity index (χ4n) is 3.64. The molecule has 0 saturated carbocycles. The Bertz CT molecular complexity index is 1310. The molecule has 1 aliphatic heterocycles. The van der Waals surface area contributed by atoms with E-state index in [0.717, 1.165) is 16.7 Å². The predicted molar refractivity (Wildman–Crippen MR) is 128 cm³/mol. The van der Waals surface area contributed by atoms with E-state index in [1.807, 2.05) is 66.2 Å². The number of halogens is 2. The van der Waals surface area contributed by atoms with Crippen LogP contribution in [0.2, 0.25) is 5.02 Å². The lowest BCUT2D eigenvalue weighted by Crippen LogP contribution is -2.41. The number of thioether (sulfide) groups is 1. The molecule has 0 bridgehead atoms. The van der Waals surface area contributed by atoms with E-state index in [2.05, 4.69) is 20.9 Å². The molecule has 1 aromatic heterocycles. The molecule has 2 atom stereocenters. The van der Waals surface area contributed by atoms with Gasteiger partial charge in [0.25, 0.3) is 0 Å². The Hall–Kier alpha value is -3.36. The summed E-state index contributed by atoms with van der Waals surface area (Å²) in [5.74, 6) is -0.127. The molecule has 4 aromatic rings. The van der Waals surface area contributed by atoms with Gasteiger partial charge in [-0.2, -0.15) is 0 Å². The number of amides is 1. The van der Waals surface area contributed by atoms with E-state index >= 15 is 0 Å². The number of aryl methyl sites for hydroxylation is 1. The van der Waals surface area contributed by atoms with Crippen LogP contribution in [0.3, 0.4) is 0 Å². The summed E-state index contributed by atoms with van der Waals surface area (Å²) in [6.07, 6.45) is 0. The minimum absolute atomic E-state index is 0.0513. The molecule has 166 valence electrons. The fraction of sp³-hybridized carbons (Fsp3) is 0.125. The first-order valence-electron chi connectivity index (χ1n) is 10.3. The Kier molecular flexibility index (Phi) is 5.78. The van der Waals surface area contributed by atoms with Crippen LogP contribution in [0.5, 0.6) is 0 Å². The fourth-order valence-corrected chi connectivity index (χ4v) is 4.90. The standard InChI is InChI=1S/C24H19ClFN5OS/c1-14-7-9-15(10-8-14)20-21(23(32)27-17-11-12-19(26)18(25)13-17)33-24-29-28-22(31(24)30-20)16-5-3-2-4-6-16/h2-13,20-21,30H,1H3,(H,27,32). The number of carbonyl (C=O) groups excluding carboxylic acids is 1. The van der Waals surface area contributed by atoms with Gasteiger partial charge in [0.1, 0.15) is 11.1 Å². The smallest absolute Gasteiger partial charge is 0.240 e. The Balaban J connectivity index is 1.50. The highest BCUT2D eigenvalue weighted by molar-refractivity contribution is 8.00. The second-order valence-electron chi connectivity index (χ2n) is 7.68. The first-order valence-corrected chi connectivity index (χ1v) is 11.5. The summed E-state index contributed by atoms with van der Waals surface area (Å²) < 4.78 is 15.4. The van der Waals surface area contributed by atoms with E-state index in [1.165, 1.54) is 30.0 Å². The number of anilines is 1. The van der Waals surface area contributed by atoms with Crippen LogP contribution in [0, 0.1) is 12.7 Å². The molecule has 3 aromatic carbocycles. The first kappa shape index (κ1) is 21.5. The van der Waals surface area contributed by atoms with E-state index in [9.17, 15) is 9.18 Å². The lowest BCUT2D eigenvalue weighted by atomic mass is 10.0. The van der Waals surface area contributed by atoms with Crippen molar-refractivity contribution in [1.82, 2.24) is 14.9 Å². The molecule has 2 heterocycles. The van der Waals surface area contributed by atoms with E-state index in [0.29, 0.717) is 16.7 Å². The molecule has 5 rings (SSSR count). The van der Waals surface area contributed by atoms with Gasteiger partial charge in [-0.1, -0.05) is 83.5 Å². The molecule has 0 saturated heterocycles. The topological polar surface area (TPSA) is 71.8 Å². The number of aromatic nitrogens is 3. The number of carbonyl (C=O) groups is 1. The highest BCUT2D eigenvalue weighted by Gasteiger charge is 2.38. The normalized spacial score (nSPS) is 17.2. The lowest BCUT2D eigenvalue weighted by Gasteiger charge is -2.33. The quantitative estimate of drug-likeness (QED) is 0.407. The van der Waals surface area contributed by atoms with E-state index in [4.69, 9.17) is 11.6 Å². The number of hydrogen-bond donors (Lipinski definition) is 2. The van der Waals surface area contributed by atoms with Gasteiger partial charge in [0.05, 0.1) is 11.1 Å². The van der Waals surface area contributed by atoms with Gasteiger partial charge in [0.15, 0.2) is 5.82 Å². The van der Waals surface area contributed by atoms with Crippen molar-refractivity contribution < 1.29 is 9.18 Å². The number of rotatable bonds is 4. The number of fused-ring (bicyclic) bond motifs is 1. The van der Waals surface area contributed by atoms with Crippen molar-refractivity contribution in [2.75, 3.05) is 10.7 Å². The molecular formula is C24H19ClFN5OS. The maximum absolute atomic E-state index is 13.5. The highest BCUT2D eigenvalue weighted by atomic mass is 35.5. The van der Waals surface area contributed by atoms with E-state index < -0.39 is 11.1 Å². The molecule has 0 fully saturated rings. The van der Waals surface area contributed by atoms with Crippen LogP contribution in [-0.2, 0) is 4.79 Å². The van der Waals surface area contributed by atoms with Crippen molar-refractivity contribution >= 4 is 35.0 Å². The zero-order valence-corrected chi connectivity index (χ0v) is 19.1. The van der Waals surface area contributed by atoms with Gasteiger partial charge in [0, 0.05) is 11.3 Å². The van der Waals surface area contributed by atoms with Crippen molar-refractivity contribution in [3.8, 4) is 11.4 Å². The maximum atomic E-state index is 13.5.